The average Bonchev–Trinajstić information content (AvgIpc) is 2.60. The van der Waals surface area contributed by atoms with E-state index in [9.17, 15) is 0 Å². The summed E-state index contributed by atoms with van der Waals surface area (Å²) in [5.74, 6) is 0.436. The lowest BCUT2D eigenvalue weighted by molar-refractivity contribution is 0.768. The predicted molar refractivity (Wildman–Crippen MR) is 67.0 cm³/mol. The molecule has 2 heterocycles. The molecule has 7 heteroatoms. The summed E-state index contributed by atoms with van der Waals surface area (Å²) in [6.45, 7) is 0. The summed E-state index contributed by atoms with van der Waals surface area (Å²) in [5, 5.41) is 4.85. The fraction of sp³-hybridized carbons (Fsp3) is 0.125. The molecule has 0 saturated heterocycles. The summed E-state index contributed by atoms with van der Waals surface area (Å²) >= 11 is 13.8. The maximum absolute atomic E-state index is 5.90. The van der Waals surface area contributed by atoms with E-state index in [4.69, 9.17) is 23.2 Å². The molecule has 0 aliphatic rings. The molecule has 0 unspecified atom stereocenters. The van der Waals surface area contributed by atoms with E-state index in [2.05, 4.69) is 15.1 Å². The Morgan fingerprint density at radius 3 is 2.33 bits per heavy atom. The van der Waals surface area contributed by atoms with Crippen LogP contribution in [0.15, 0.2) is 12.3 Å². The summed E-state index contributed by atoms with van der Waals surface area (Å²) in [6, 6.07) is 1.80. The molecule has 2 aromatic rings. The number of rotatable bonds is 1. The average molecular weight is 355 g/mol. The summed E-state index contributed by atoms with van der Waals surface area (Å²) < 4.78 is 2.31. The third-order valence-electron chi connectivity index (χ3n) is 1.71. The number of aryl methyl sites for hydroxylation is 1. The molecule has 0 saturated carbocycles. The van der Waals surface area contributed by atoms with Gasteiger partial charge in [-0.15, -0.1) is 0 Å². The zero-order chi connectivity index (χ0) is 11.0. The van der Waals surface area contributed by atoms with Crippen LogP contribution in [-0.2, 0) is 7.05 Å². The maximum Gasteiger partial charge on any atom is 0.182 e. The van der Waals surface area contributed by atoms with Crippen molar-refractivity contribution in [3.8, 4) is 11.5 Å². The van der Waals surface area contributed by atoms with Crippen LogP contribution in [0.25, 0.3) is 11.5 Å². The van der Waals surface area contributed by atoms with Crippen molar-refractivity contribution in [2.24, 2.45) is 7.05 Å². The monoisotopic (exact) mass is 354 g/mol. The molecule has 0 aromatic carbocycles. The molecule has 0 bridgehead atoms. The van der Waals surface area contributed by atoms with Crippen LogP contribution in [0.4, 0.5) is 0 Å². The summed E-state index contributed by atoms with van der Waals surface area (Å²) in [5.41, 5.74) is 0.651. The van der Waals surface area contributed by atoms with Crippen molar-refractivity contribution in [1.29, 1.82) is 0 Å². The van der Waals surface area contributed by atoms with E-state index >= 15 is 0 Å². The highest BCUT2D eigenvalue weighted by Crippen LogP contribution is 2.25. The van der Waals surface area contributed by atoms with Gasteiger partial charge < -0.3 is 0 Å². The van der Waals surface area contributed by atoms with E-state index in [0.29, 0.717) is 25.4 Å². The Balaban J connectivity index is 2.55. The molecular weight excluding hydrogens is 350 g/mol. The molecule has 4 nitrogen and oxygen atoms in total. The van der Waals surface area contributed by atoms with Gasteiger partial charge in [-0.05, 0) is 28.7 Å². The Kier molecular flexibility index (Phi) is 3.13. The summed E-state index contributed by atoms with van der Waals surface area (Å²) in [4.78, 5) is 8.21. The number of halogens is 3. The molecule has 78 valence electrons. The molecule has 0 amide bonds. The molecule has 0 fully saturated rings. The molecule has 15 heavy (non-hydrogen) atoms. The maximum atomic E-state index is 5.90. The third-order valence-corrected chi connectivity index (χ3v) is 3.92. The van der Waals surface area contributed by atoms with Crippen LogP contribution < -0.4 is 0 Å². The van der Waals surface area contributed by atoms with E-state index in [-0.39, 0.29) is 0 Å². The zero-order valence-corrected chi connectivity index (χ0v) is 11.2. The SMILES string of the molecule is Cn1ccc(-c2nc(Cl)c(I)c(Cl)n2)n1. The topological polar surface area (TPSA) is 43.6 Å². The minimum absolute atomic E-state index is 0.344. The van der Waals surface area contributed by atoms with Crippen LogP contribution in [0.3, 0.4) is 0 Å². The first-order valence-electron chi connectivity index (χ1n) is 3.96. The van der Waals surface area contributed by atoms with Gasteiger partial charge in [-0.1, -0.05) is 23.2 Å². The van der Waals surface area contributed by atoms with Gasteiger partial charge in [-0.2, -0.15) is 5.10 Å². The second-order valence-corrected chi connectivity index (χ2v) is 4.61. The Labute approximate surface area is 110 Å². The number of aromatic nitrogens is 4. The van der Waals surface area contributed by atoms with Gasteiger partial charge in [0.2, 0.25) is 0 Å². The third kappa shape index (κ3) is 2.24. The van der Waals surface area contributed by atoms with Crippen LogP contribution in [0.2, 0.25) is 10.3 Å². The quantitative estimate of drug-likeness (QED) is 0.584. The van der Waals surface area contributed by atoms with Crippen LogP contribution >= 0.6 is 45.8 Å². The van der Waals surface area contributed by atoms with E-state index in [1.807, 2.05) is 29.6 Å². The first-order valence-corrected chi connectivity index (χ1v) is 5.80. The van der Waals surface area contributed by atoms with Crippen LogP contribution in [0, 0.1) is 3.57 Å². The van der Waals surface area contributed by atoms with Gasteiger partial charge in [-0.25, -0.2) is 9.97 Å². The van der Waals surface area contributed by atoms with Gasteiger partial charge in [0, 0.05) is 13.2 Å². The van der Waals surface area contributed by atoms with Gasteiger partial charge in [-0.3, -0.25) is 4.68 Å². The minimum Gasteiger partial charge on any atom is -0.275 e. The van der Waals surface area contributed by atoms with Crippen molar-refractivity contribution < 1.29 is 0 Å². The lowest BCUT2D eigenvalue weighted by Gasteiger charge is -2.00. The second-order valence-electron chi connectivity index (χ2n) is 2.82. The Morgan fingerprint density at radius 1 is 1.27 bits per heavy atom. The minimum atomic E-state index is 0.344. The fourth-order valence-electron chi connectivity index (χ4n) is 1.04. The van der Waals surface area contributed by atoms with Crippen molar-refractivity contribution in [2.45, 2.75) is 0 Å². The van der Waals surface area contributed by atoms with Crippen LogP contribution in [0.5, 0.6) is 0 Å². The highest BCUT2D eigenvalue weighted by molar-refractivity contribution is 14.1. The van der Waals surface area contributed by atoms with Gasteiger partial charge in [0.1, 0.15) is 16.0 Å². The zero-order valence-electron chi connectivity index (χ0n) is 7.58. The van der Waals surface area contributed by atoms with Crippen LogP contribution in [-0.4, -0.2) is 19.7 Å². The van der Waals surface area contributed by atoms with Gasteiger partial charge >= 0.3 is 0 Å². The molecule has 0 N–H and O–H groups in total. The van der Waals surface area contributed by atoms with E-state index in [1.165, 1.54) is 0 Å². The highest BCUT2D eigenvalue weighted by atomic mass is 127. The van der Waals surface area contributed by atoms with Gasteiger partial charge in [0.15, 0.2) is 5.82 Å². The molecule has 0 aliphatic heterocycles. The second kappa shape index (κ2) is 4.23. The molecule has 0 radical (unpaired) electrons. The summed E-state index contributed by atoms with van der Waals surface area (Å²) in [7, 11) is 1.82. The normalized spacial score (nSPS) is 10.7. The van der Waals surface area contributed by atoms with E-state index in [0.717, 1.165) is 0 Å². The number of nitrogens with zero attached hydrogens (tertiary/aromatic N) is 4. The highest BCUT2D eigenvalue weighted by Gasteiger charge is 2.11. The first kappa shape index (κ1) is 11.1. The smallest absolute Gasteiger partial charge is 0.182 e. The molecule has 0 spiro atoms. The van der Waals surface area contributed by atoms with Crippen LogP contribution in [0.1, 0.15) is 0 Å². The van der Waals surface area contributed by atoms with E-state index in [1.54, 1.807) is 16.9 Å². The van der Waals surface area contributed by atoms with Crippen molar-refractivity contribution in [3.63, 3.8) is 0 Å². The lowest BCUT2D eigenvalue weighted by atomic mass is 10.4. The number of hydrogen-bond acceptors (Lipinski definition) is 3. The largest absolute Gasteiger partial charge is 0.275 e. The van der Waals surface area contributed by atoms with Crippen molar-refractivity contribution >= 4 is 45.8 Å². The lowest BCUT2D eigenvalue weighted by Crippen LogP contribution is -1.95. The number of hydrogen-bond donors (Lipinski definition) is 0. The van der Waals surface area contributed by atoms with Gasteiger partial charge in [0.05, 0.1) is 3.57 Å². The Hall–Kier alpha value is -0.400. The van der Waals surface area contributed by atoms with Crippen molar-refractivity contribution in [2.75, 3.05) is 0 Å². The molecule has 0 atom stereocenters. The first-order chi connectivity index (χ1) is 7.08. The van der Waals surface area contributed by atoms with Crippen molar-refractivity contribution in [1.82, 2.24) is 19.7 Å². The Morgan fingerprint density at radius 2 is 1.87 bits per heavy atom. The standard InChI is InChI=1S/C8H5Cl2IN4/c1-15-3-2-4(14-15)8-12-6(9)5(11)7(10)13-8/h2-3H,1H3. The molecule has 0 aliphatic carbocycles. The predicted octanol–water partition coefficient (Wildman–Crippen LogP) is 2.79. The molecule has 2 aromatic heterocycles. The summed E-state index contributed by atoms with van der Waals surface area (Å²) in [6.07, 6.45) is 1.80. The van der Waals surface area contributed by atoms with Gasteiger partial charge in [0.25, 0.3) is 0 Å². The Bertz CT molecular complexity index is 488. The fourth-order valence-corrected chi connectivity index (χ4v) is 1.67. The molecular formula is C8H5Cl2IN4. The van der Waals surface area contributed by atoms with E-state index < -0.39 is 0 Å². The van der Waals surface area contributed by atoms with Crippen molar-refractivity contribution in [3.05, 3.63) is 26.1 Å². The molecule has 2 rings (SSSR count).